The Morgan fingerprint density at radius 1 is 1.12 bits per heavy atom. The zero-order chi connectivity index (χ0) is 18.5. The largest absolute Gasteiger partial charge is 0.497 e. The van der Waals surface area contributed by atoms with E-state index in [2.05, 4.69) is 15.3 Å². The highest BCUT2D eigenvalue weighted by atomic mass is 16.5. The van der Waals surface area contributed by atoms with Crippen molar-refractivity contribution in [1.29, 1.82) is 0 Å². The monoisotopic (exact) mass is 349 g/mol. The number of hydrogen-bond acceptors (Lipinski definition) is 4. The molecule has 0 saturated heterocycles. The van der Waals surface area contributed by atoms with Crippen molar-refractivity contribution in [3.05, 3.63) is 81.9 Å². The van der Waals surface area contributed by atoms with Gasteiger partial charge in [-0.1, -0.05) is 42.0 Å². The summed E-state index contributed by atoms with van der Waals surface area (Å²) >= 11 is 0. The molecule has 6 heteroatoms. The minimum Gasteiger partial charge on any atom is -0.497 e. The van der Waals surface area contributed by atoms with Gasteiger partial charge in [-0.15, -0.1) is 0 Å². The minimum absolute atomic E-state index is 0.175. The van der Waals surface area contributed by atoms with Crippen LogP contribution in [0.1, 0.15) is 21.6 Å². The molecule has 6 nitrogen and oxygen atoms in total. The summed E-state index contributed by atoms with van der Waals surface area (Å²) < 4.78 is 5.11. The Hall–Kier alpha value is -3.41. The molecule has 2 N–H and O–H groups in total. The lowest BCUT2D eigenvalue weighted by Crippen LogP contribution is -2.27. The van der Waals surface area contributed by atoms with Crippen LogP contribution in [0.3, 0.4) is 0 Å². The zero-order valence-corrected chi connectivity index (χ0v) is 14.6. The highest BCUT2D eigenvalue weighted by Crippen LogP contribution is 2.17. The molecule has 0 unspecified atom stereocenters. The molecular weight excluding hydrogens is 330 g/mol. The van der Waals surface area contributed by atoms with E-state index in [0.717, 1.165) is 22.4 Å². The molecule has 0 atom stereocenters. The van der Waals surface area contributed by atoms with Gasteiger partial charge in [0.15, 0.2) is 0 Å². The van der Waals surface area contributed by atoms with E-state index in [1.807, 2.05) is 55.5 Å². The van der Waals surface area contributed by atoms with Crippen LogP contribution in [0.15, 0.2) is 59.4 Å². The van der Waals surface area contributed by atoms with Gasteiger partial charge in [0, 0.05) is 12.1 Å². The fraction of sp³-hybridized carbons (Fsp3) is 0.150. The Morgan fingerprint density at radius 3 is 2.46 bits per heavy atom. The number of benzene rings is 2. The number of ether oxygens (including phenoxy) is 1. The molecule has 2 aromatic carbocycles. The fourth-order valence-electron chi connectivity index (χ4n) is 2.47. The van der Waals surface area contributed by atoms with Crippen molar-refractivity contribution in [1.82, 2.24) is 15.3 Å². The number of methoxy groups -OCH3 is 1. The molecule has 0 fully saturated rings. The van der Waals surface area contributed by atoms with Gasteiger partial charge in [-0.25, -0.2) is 4.79 Å². The van der Waals surface area contributed by atoms with Crippen LogP contribution >= 0.6 is 0 Å². The predicted molar refractivity (Wildman–Crippen MR) is 99.2 cm³/mol. The van der Waals surface area contributed by atoms with Crippen LogP contribution in [0.5, 0.6) is 5.75 Å². The quantitative estimate of drug-likeness (QED) is 0.742. The molecule has 3 aromatic rings. The summed E-state index contributed by atoms with van der Waals surface area (Å²) in [7, 11) is 1.60. The van der Waals surface area contributed by atoms with Crippen LogP contribution in [0.25, 0.3) is 11.3 Å². The fourth-order valence-corrected chi connectivity index (χ4v) is 2.47. The number of amides is 1. The molecule has 1 heterocycles. The van der Waals surface area contributed by atoms with Gasteiger partial charge in [0.25, 0.3) is 5.91 Å². The summed E-state index contributed by atoms with van der Waals surface area (Å²) in [6.07, 6.45) is 0. The van der Waals surface area contributed by atoms with Gasteiger partial charge in [0.05, 0.1) is 12.8 Å². The van der Waals surface area contributed by atoms with Gasteiger partial charge in [-0.3, -0.25) is 4.79 Å². The lowest BCUT2D eigenvalue weighted by molar-refractivity contribution is 0.0945. The van der Waals surface area contributed by atoms with Gasteiger partial charge < -0.3 is 15.0 Å². The van der Waals surface area contributed by atoms with Crippen molar-refractivity contribution in [2.24, 2.45) is 0 Å². The van der Waals surface area contributed by atoms with Crippen molar-refractivity contribution in [3.8, 4) is 17.0 Å². The highest BCUT2D eigenvalue weighted by Gasteiger charge is 2.10. The number of aromatic amines is 1. The van der Waals surface area contributed by atoms with Gasteiger partial charge in [-0.05, 0) is 30.7 Å². The molecule has 0 spiro atoms. The third kappa shape index (κ3) is 4.16. The summed E-state index contributed by atoms with van der Waals surface area (Å²) in [6.45, 7) is 2.32. The second kappa shape index (κ2) is 7.65. The zero-order valence-electron chi connectivity index (χ0n) is 14.6. The molecule has 26 heavy (non-hydrogen) atoms. The van der Waals surface area contributed by atoms with E-state index in [0.29, 0.717) is 12.2 Å². The molecule has 1 amide bonds. The number of hydrogen-bond donors (Lipinski definition) is 2. The first-order valence-electron chi connectivity index (χ1n) is 8.15. The topological polar surface area (TPSA) is 84.1 Å². The summed E-state index contributed by atoms with van der Waals surface area (Å²) in [5, 5.41) is 2.79. The normalized spacial score (nSPS) is 10.4. The average molecular weight is 349 g/mol. The Balaban J connectivity index is 1.76. The number of carbonyl (C=O) groups excluding carboxylic acids is 1. The lowest BCUT2D eigenvalue weighted by atomic mass is 10.1. The molecule has 0 aliphatic rings. The smallest absolute Gasteiger partial charge is 0.346 e. The first-order chi connectivity index (χ1) is 12.5. The Morgan fingerprint density at radius 2 is 1.81 bits per heavy atom. The summed E-state index contributed by atoms with van der Waals surface area (Å²) in [5.41, 5.74) is 2.89. The van der Waals surface area contributed by atoms with E-state index < -0.39 is 5.69 Å². The van der Waals surface area contributed by atoms with Gasteiger partial charge in [0.1, 0.15) is 11.4 Å². The van der Waals surface area contributed by atoms with E-state index in [-0.39, 0.29) is 11.6 Å². The number of nitrogens with zero attached hydrogens (tertiary/aromatic N) is 1. The molecule has 0 bridgehead atoms. The maximum absolute atomic E-state index is 12.4. The van der Waals surface area contributed by atoms with E-state index in [4.69, 9.17) is 4.74 Å². The third-order valence-corrected chi connectivity index (χ3v) is 3.95. The van der Waals surface area contributed by atoms with E-state index >= 15 is 0 Å². The second-order valence-electron chi connectivity index (χ2n) is 5.88. The number of H-pyrrole nitrogens is 1. The van der Waals surface area contributed by atoms with E-state index in [9.17, 15) is 9.59 Å². The van der Waals surface area contributed by atoms with Crippen molar-refractivity contribution in [2.45, 2.75) is 13.5 Å². The van der Waals surface area contributed by atoms with Crippen LogP contribution < -0.4 is 15.7 Å². The number of carbonyl (C=O) groups is 1. The van der Waals surface area contributed by atoms with Crippen molar-refractivity contribution >= 4 is 5.91 Å². The molecular formula is C20H19N3O3. The van der Waals surface area contributed by atoms with Gasteiger partial charge >= 0.3 is 5.69 Å². The maximum atomic E-state index is 12.4. The van der Waals surface area contributed by atoms with Crippen molar-refractivity contribution < 1.29 is 9.53 Å². The number of aromatic nitrogens is 2. The molecule has 3 rings (SSSR count). The lowest BCUT2D eigenvalue weighted by Gasteiger charge is -2.07. The first kappa shape index (κ1) is 17.4. The van der Waals surface area contributed by atoms with Crippen LogP contribution in [0.4, 0.5) is 0 Å². The van der Waals surface area contributed by atoms with Crippen LogP contribution in [-0.2, 0) is 6.54 Å². The van der Waals surface area contributed by atoms with Crippen molar-refractivity contribution in [3.63, 3.8) is 0 Å². The van der Waals surface area contributed by atoms with Crippen LogP contribution in [-0.4, -0.2) is 23.0 Å². The highest BCUT2D eigenvalue weighted by molar-refractivity contribution is 5.93. The third-order valence-electron chi connectivity index (χ3n) is 3.95. The number of nitrogens with one attached hydrogen (secondary N) is 2. The molecule has 0 aliphatic carbocycles. The van der Waals surface area contributed by atoms with Crippen LogP contribution in [0, 0.1) is 6.92 Å². The maximum Gasteiger partial charge on any atom is 0.346 e. The van der Waals surface area contributed by atoms with Gasteiger partial charge in [-0.2, -0.15) is 4.98 Å². The average Bonchev–Trinajstić information content (AvgIpc) is 2.66. The molecule has 132 valence electrons. The van der Waals surface area contributed by atoms with E-state index in [1.165, 1.54) is 0 Å². The summed E-state index contributed by atoms with van der Waals surface area (Å²) in [6, 6.07) is 16.6. The molecule has 0 saturated carbocycles. The molecule has 1 aromatic heterocycles. The SMILES string of the molecule is COc1ccc(CNC(=O)c2cc(-c3ccc(C)cc3)nc(=O)[nH]2)cc1. The van der Waals surface area contributed by atoms with E-state index in [1.54, 1.807) is 13.2 Å². The number of rotatable bonds is 5. The standard InChI is InChI=1S/C20H19N3O3/c1-13-3-7-15(8-4-13)17-11-18(23-20(25)22-17)19(24)21-12-14-5-9-16(26-2)10-6-14/h3-11H,12H2,1-2H3,(H,21,24)(H,22,23,25). The minimum atomic E-state index is -0.558. The first-order valence-corrected chi connectivity index (χ1v) is 8.15. The van der Waals surface area contributed by atoms with Crippen LogP contribution in [0.2, 0.25) is 0 Å². The summed E-state index contributed by atoms with van der Waals surface area (Å²) in [5.74, 6) is 0.384. The predicted octanol–water partition coefficient (Wildman–Crippen LogP) is 2.68. The Bertz CT molecular complexity index is 961. The second-order valence-corrected chi connectivity index (χ2v) is 5.88. The summed E-state index contributed by atoms with van der Waals surface area (Å²) in [4.78, 5) is 30.7. The molecule has 0 aliphatic heterocycles. The Labute approximate surface area is 150 Å². The number of aryl methyl sites for hydroxylation is 1. The molecule has 0 radical (unpaired) electrons. The van der Waals surface area contributed by atoms with Crippen molar-refractivity contribution in [2.75, 3.05) is 7.11 Å². The Kier molecular flexibility index (Phi) is 5.12. The van der Waals surface area contributed by atoms with Gasteiger partial charge in [0.2, 0.25) is 0 Å².